The Hall–Kier alpha value is -1.61. The summed E-state index contributed by atoms with van der Waals surface area (Å²) in [7, 11) is -0.803. The Kier molecular flexibility index (Phi) is 5.07. The summed E-state index contributed by atoms with van der Waals surface area (Å²) >= 11 is 12.1. The standard InChI is InChI=1S/C12H13Cl2N5O2S/c1-19(2)22(20,21)18-11-7-6-10(16-17-11)15-12-8(13)4-3-5-9(12)14/h3-7H,1-2H3,(H,15,16)(H,17,18). The summed E-state index contributed by atoms with van der Waals surface area (Å²) in [5.41, 5.74) is 0.502. The van der Waals surface area contributed by atoms with E-state index in [4.69, 9.17) is 23.2 Å². The third kappa shape index (κ3) is 3.98. The molecule has 0 saturated carbocycles. The zero-order chi connectivity index (χ0) is 16.3. The smallest absolute Gasteiger partial charge is 0.302 e. The fraction of sp³-hybridized carbons (Fsp3) is 0.167. The predicted molar refractivity (Wildman–Crippen MR) is 88.0 cm³/mol. The first-order chi connectivity index (χ1) is 10.3. The number of nitrogens with one attached hydrogen (secondary N) is 2. The normalized spacial score (nSPS) is 11.5. The van der Waals surface area contributed by atoms with Crippen molar-refractivity contribution in [3.8, 4) is 0 Å². The number of halogens is 2. The van der Waals surface area contributed by atoms with Gasteiger partial charge >= 0.3 is 10.2 Å². The van der Waals surface area contributed by atoms with E-state index < -0.39 is 10.2 Å². The first kappa shape index (κ1) is 16.8. The minimum atomic E-state index is -3.62. The summed E-state index contributed by atoms with van der Waals surface area (Å²) in [4.78, 5) is 0. The van der Waals surface area contributed by atoms with Gasteiger partial charge in [0.15, 0.2) is 11.6 Å². The molecule has 118 valence electrons. The lowest BCUT2D eigenvalue weighted by atomic mass is 10.3. The molecule has 1 aromatic heterocycles. The lowest BCUT2D eigenvalue weighted by Gasteiger charge is -2.13. The molecule has 7 nitrogen and oxygen atoms in total. The highest BCUT2D eigenvalue weighted by Crippen LogP contribution is 2.31. The highest BCUT2D eigenvalue weighted by molar-refractivity contribution is 7.90. The summed E-state index contributed by atoms with van der Waals surface area (Å²) < 4.78 is 26.6. The van der Waals surface area contributed by atoms with E-state index in [2.05, 4.69) is 20.2 Å². The minimum Gasteiger partial charge on any atom is -0.336 e. The van der Waals surface area contributed by atoms with Crippen LogP contribution in [0.3, 0.4) is 0 Å². The molecule has 10 heteroatoms. The third-order valence-electron chi connectivity index (χ3n) is 2.59. The maximum atomic E-state index is 11.7. The molecular weight excluding hydrogens is 349 g/mol. The maximum Gasteiger partial charge on any atom is 0.302 e. The van der Waals surface area contributed by atoms with Crippen molar-refractivity contribution in [1.29, 1.82) is 0 Å². The van der Waals surface area contributed by atoms with Crippen LogP contribution in [0.15, 0.2) is 30.3 Å². The monoisotopic (exact) mass is 361 g/mol. The number of benzene rings is 1. The van der Waals surface area contributed by atoms with Gasteiger partial charge in [0.25, 0.3) is 0 Å². The summed E-state index contributed by atoms with van der Waals surface area (Å²) in [5, 5.41) is 11.5. The van der Waals surface area contributed by atoms with Gasteiger partial charge < -0.3 is 5.32 Å². The molecule has 1 heterocycles. The van der Waals surface area contributed by atoms with E-state index in [-0.39, 0.29) is 5.82 Å². The molecule has 1 aromatic carbocycles. The topological polar surface area (TPSA) is 87.2 Å². The van der Waals surface area contributed by atoms with E-state index in [0.717, 1.165) is 4.31 Å². The van der Waals surface area contributed by atoms with Gasteiger partial charge in [-0.15, -0.1) is 10.2 Å². The highest BCUT2D eigenvalue weighted by atomic mass is 35.5. The molecule has 0 bridgehead atoms. The molecule has 0 aliphatic rings. The van der Waals surface area contributed by atoms with Crippen LogP contribution in [0, 0.1) is 0 Å². The molecule has 0 unspecified atom stereocenters. The van der Waals surface area contributed by atoms with Crippen molar-refractivity contribution in [3.05, 3.63) is 40.4 Å². The van der Waals surface area contributed by atoms with Crippen LogP contribution in [-0.4, -0.2) is 37.0 Å². The summed E-state index contributed by atoms with van der Waals surface area (Å²) in [6.45, 7) is 0. The van der Waals surface area contributed by atoms with E-state index in [1.54, 1.807) is 24.3 Å². The van der Waals surface area contributed by atoms with Gasteiger partial charge in [-0.1, -0.05) is 29.3 Å². The van der Waals surface area contributed by atoms with E-state index in [1.165, 1.54) is 20.2 Å². The van der Waals surface area contributed by atoms with Gasteiger partial charge in [-0.25, -0.2) is 0 Å². The van der Waals surface area contributed by atoms with Gasteiger partial charge in [-0.05, 0) is 24.3 Å². The van der Waals surface area contributed by atoms with Crippen molar-refractivity contribution in [3.63, 3.8) is 0 Å². The minimum absolute atomic E-state index is 0.101. The zero-order valence-electron chi connectivity index (χ0n) is 11.7. The van der Waals surface area contributed by atoms with Gasteiger partial charge in [0, 0.05) is 14.1 Å². The highest BCUT2D eigenvalue weighted by Gasteiger charge is 2.14. The molecule has 22 heavy (non-hydrogen) atoms. The lowest BCUT2D eigenvalue weighted by Crippen LogP contribution is -2.29. The summed E-state index contributed by atoms with van der Waals surface area (Å²) in [6.07, 6.45) is 0. The molecule has 0 aliphatic carbocycles. The van der Waals surface area contributed by atoms with Crippen molar-refractivity contribution < 1.29 is 8.42 Å². The Balaban J connectivity index is 2.16. The second-order valence-corrected chi connectivity index (χ2v) is 7.11. The molecule has 0 atom stereocenters. The Bertz CT molecular complexity index is 745. The maximum absolute atomic E-state index is 11.7. The number of nitrogens with zero attached hydrogens (tertiary/aromatic N) is 3. The lowest BCUT2D eigenvalue weighted by molar-refractivity contribution is 0.526. The molecule has 0 fully saturated rings. The number of hydrogen-bond acceptors (Lipinski definition) is 5. The van der Waals surface area contributed by atoms with Crippen molar-refractivity contribution in [2.24, 2.45) is 0 Å². The quantitative estimate of drug-likeness (QED) is 0.854. The second kappa shape index (κ2) is 6.66. The second-order valence-electron chi connectivity index (χ2n) is 4.41. The van der Waals surface area contributed by atoms with Crippen LogP contribution in [0.1, 0.15) is 0 Å². The fourth-order valence-corrected chi connectivity index (χ4v) is 2.47. The van der Waals surface area contributed by atoms with Gasteiger partial charge in [0.2, 0.25) is 0 Å². The number of hydrogen-bond donors (Lipinski definition) is 2. The van der Waals surface area contributed by atoms with Crippen LogP contribution < -0.4 is 10.0 Å². The summed E-state index contributed by atoms with van der Waals surface area (Å²) in [5.74, 6) is 0.479. The number of aromatic nitrogens is 2. The van der Waals surface area contributed by atoms with Gasteiger partial charge in [-0.2, -0.15) is 12.7 Å². The Morgan fingerprint density at radius 2 is 1.55 bits per heavy atom. The Morgan fingerprint density at radius 3 is 2.05 bits per heavy atom. The Morgan fingerprint density at radius 1 is 1.00 bits per heavy atom. The molecule has 2 N–H and O–H groups in total. The molecule has 0 aliphatic heterocycles. The SMILES string of the molecule is CN(C)S(=O)(=O)Nc1ccc(Nc2c(Cl)cccc2Cl)nn1. The van der Waals surface area contributed by atoms with Crippen molar-refractivity contribution >= 4 is 50.7 Å². The molecule has 0 radical (unpaired) electrons. The largest absolute Gasteiger partial charge is 0.336 e. The zero-order valence-corrected chi connectivity index (χ0v) is 14.0. The predicted octanol–water partition coefficient (Wildman–Crippen LogP) is 2.75. The number of anilines is 3. The van der Waals surface area contributed by atoms with E-state index >= 15 is 0 Å². The first-order valence-electron chi connectivity index (χ1n) is 6.04. The van der Waals surface area contributed by atoms with E-state index in [9.17, 15) is 8.42 Å². The van der Waals surface area contributed by atoms with Gasteiger partial charge in [0.05, 0.1) is 15.7 Å². The van der Waals surface area contributed by atoms with E-state index in [1.807, 2.05) is 0 Å². The first-order valence-corrected chi connectivity index (χ1v) is 8.24. The van der Waals surface area contributed by atoms with E-state index in [0.29, 0.717) is 21.6 Å². The number of rotatable bonds is 5. The Labute approximate surface area is 138 Å². The average molecular weight is 362 g/mol. The van der Waals surface area contributed by atoms with Crippen LogP contribution in [0.2, 0.25) is 10.0 Å². The van der Waals surface area contributed by atoms with Crippen molar-refractivity contribution in [1.82, 2.24) is 14.5 Å². The molecule has 0 saturated heterocycles. The van der Waals surface area contributed by atoms with Crippen LogP contribution in [0.4, 0.5) is 17.3 Å². The number of para-hydroxylation sites is 1. The average Bonchev–Trinajstić information content (AvgIpc) is 2.44. The van der Waals surface area contributed by atoms with Crippen molar-refractivity contribution in [2.75, 3.05) is 24.1 Å². The molecule has 0 amide bonds. The van der Waals surface area contributed by atoms with Crippen LogP contribution in [0.5, 0.6) is 0 Å². The van der Waals surface area contributed by atoms with Crippen molar-refractivity contribution in [2.45, 2.75) is 0 Å². The van der Waals surface area contributed by atoms with Crippen LogP contribution in [0.25, 0.3) is 0 Å². The molecule has 0 spiro atoms. The van der Waals surface area contributed by atoms with Crippen LogP contribution in [-0.2, 0) is 10.2 Å². The van der Waals surface area contributed by atoms with Gasteiger partial charge in [0.1, 0.15) is 0 Å². The fourth-order valence-electron chi connectivity index (χ4n) is 1.42. The molecule has 2 aromatic rings. The molecule has 2 rings (SSSR count). The van der Waals surface area contributed by atoms with Crippen LogP contribution >= 0.6 is 23.2 Å². The van der Waals surface area contributed by atoms with Gasteiger partial charge in [-0.3, -0.25) is 4.72 Å². The molecular formula is C12H13Cl2N5O2S. The summed E-state index contributed by atoms with van der Waals surface area (Å²) in [6, 6.07) is 8.12. The third-order valence-corrected chi connectivity index (χ3v) is 4.65.